The van der Waals surface area contributed by atoms with Crippen molar-refractivity contribution < 1.29 is 14.7 Å². The van der Waals surface area contributed by atoms with Crippen LogP contribution in [0, 0.1) is 0 Å². The summed E-state index contributed by atoms with van der Waals surface area (Å²) in [5.74, 6) is 0. The fourth-order valence-electron chi connectivity index (χ4n) is 1.93. The molecule has 0 radical (unpaired) electrons. The average molecular weight is 266 g/mol. The van der Waals surface area contributed by atoms with E-state index in [9.17, 15) is 14.7 Å². The van der Waals surface area contributed by atoms with Crippen molar-refractivity contribution in [2.24, 2.45) is 9.98 Å². The van der Waals surface area contributed by atoms with Crippen LogP contribution in [0.25, 0.3) is 0 Å². The molecule has 2 aromatic carbocycles. The first kappa shape index (κ1) is 13.6. The Kier molecular flexibility index (Phi) is 3.99. The van der Waals surface area contributed by atoms with Crippen LogP contribution in [0.15, 0.2) is 64.6 Å². The third-order valence-electron chi connectivity index (χ3n) is 2.83. The van der Waals surface area contributed by atoms with Gasteiger partial charge in [0.15, 0.2) is 0 Å². The molecule has 0 aliphatic heterocycles. The Bertz CT molecular complexity index is 702. The van der Waals surface area contributed by atoms with Crippen molar-refractivity contribution in [2.75, 3.05) is 0 Å². The van der Waals surface area contributed by atoms with Gasteiger partial charge in [-0.25, -0.2) is 9.59 Å². The summed E-state index contributed by atoms with van der Waals surface area (Å²) in [6, 6.07) is 14.7. The van der Waals surface area contributed by atoms with Gasteiger partial charge in [0, 0.05) is 11.1 Å². The lowest BCUT2D eigenvalue weighted by molar-refractivity contribution is 0.0918. The van der Waals surface area contributed by atoms with E-state index < -0.39 is 5.72 Å². The minimum Gasteiger partial charge on any atom is -0.361 e. The summed E-state index contributed by atoms with van der Waals surface area (Å²) >= 11 is 0. The van der Waals surface area contributed by atoms with Gasteiger partial charge in [0.25, 0.3) is 0 Å². The van der Waals surface area contributed by atoms with Gasteiger partial charge in [-0.2, -0.15) is 9.98 Å². The summed E-state index contributed by atoms with van der Waals surface area (Å²) in [5, 5.41) is 10.7. The van der Waals surface area contributed by atoms with Crippen molar-refractivity contribution in [3.63, 3.8) is 0 Å². The molecule has 0 spiro atoms. The van der Waals surface area contributed by atoms with Crippen molar-refractivity contribution in [1.29, 1.82) is 0 Å². The van der Waals surface area contributed by atoms with E-state index in [1.165, 1.54) is 24.3 Å². The Morgan fingerprint density at radius 2 is 1.55 bits per heavy atom. The minimum absolute atomic E-state index is 0.188. The van der Waals surface area contributed by atoms with E-state index in [-0.39, 0.29) is 11.3 Å². The summed E-state index contributed by atoms with van der Waals surface area (Å²) in [6.07, 6.45) is 2.77. The van der Waals surface area contributed by atoms with Gasteiger partial charge in [-0.1, -0.05) is 48.5 Å². The maximum absolute atomic E-state index is 10.7. The lowest BCUT2D eigenvalue weighted by atomic mass is 9.93. The second-order valence-electron chi connectivity index (χ2n) is 3.96. The van der Waals surface area contributed by atoms with Gasteiger partial charge in [0.2, 0.25) is 17.9 Å². The zero-order chi connectivity index (χ0) is 14.4. The molecule has 1 unspecified atom stereocenters. The van der Waals surface area contributed by atoms with Gasteiger partial charge in [0.1, 0.15) is 0 Å². The number of benzene rings is 2. The molecule has 2 aromatic rings. The minimum atomic E-state index is -1.94. The van der Waals surface area contributed by atoms with Crippen LogP contribution in [0.5, 0.6) is 0 Å². The Balaban J connectivity index is 2.72. The highest BCUT2D eigenvalue weighted by atomic mass is 16.3. The molecular formula is C15H10N2O3. The Hall–Kier alpha value is -2.84. The van der Waals surface area contributed by atoms with E-state index in [4.69, 9.17) is 0 Å². The SMILES string of the molecule is O=C=Nc1ccccc1C(O)(N=C=O)c1ccccc1. The van der Waals surface area contributed by atoms with E-state index in [1.807, 2.05) is 0 Å². The number of aliphatic hydroxyl groups is 1. The Morgan fingerprint density at radius 1 is 0.900 bits per heavy atom. The van der Waals surface area contributed by atoms with Crippen molar-refractivity contribution in [3.8, 4) is 0 Å². The lowest BCUT2D eigenvalue weighted by Gasteiger charge is -2.23. The highest BCUT2D eigenvalue weighted by molar-refractivity contribution is 5.58. The second kappa shape index (κ2) is 5.87. The molecule has 5 nitrogen and oxygen atoms in total. The first-order valence-electron chi connectivity index (χ1n) is 5.76. The molecule has 1 N–H and O–H groups in total. The molecule has 5 heteroatoms. The molecule has 0 amide bonds. The average Bonchev–Trinajstić information content (AvgIpc) is 2.49. The second-order valence-corrected chi connectivity index (χ2v) is 3.96. The third-order valence-corrected chi connectivity index (χ3v) is 2.83. The highest BCUT2D eigenvalue weighted by Gasteiger charge is 2.33. The summed E-state index contributed by atoms with van der Waals surface area (Å²) in [5.41, 5.74) is -1.18. The van der Waals surface area contributed by atoms with Crippen LogP contribution in [0.1, 0.15) is 11.1 Å². The van der Waals surface area contributed by atoms with Crippen LogP contribution in [-0.4, -0.2) is 17.3 Å². The molecule has 0 heterocycles. The van der Waals surface area contributed by atoms with Crippen LogP contribution >= 0.6 is 0 Å². The zero-order valence-corrected chi connectivity index (χ0v) is 10.4. The van der Waals surface area contributed by atoms with Crippen molar-refractivity contribution in [3.05, 3.63) is 65.7 Å². The molecule has 0 bridgehead atoms. The lowest BCUT2D eigenvalue weighted by Crippen LogP contribution is -2.24. The quantitative estimate of drug-likeness (QED) is 0.680. The van der Waals surface area contributed by atoms with Gasteiger partial charge < -0.3 is 5.11 Å². The van der Waals surface area contributed by atoms with Crippen LogP contribution in [0.4, 0.5) is 5.69 Å². The highest BCUT2D eigenvalue weighted by Crippen LogP contribution is 2.36. The van der Waals surface area contributed by atoms with Crippen molar-refractivity contribution >= 4 is 17.8 Å². The van der Waals surface area contributed by atoms with E-state index in [0.29, 0.717) is 5.56 Å². The van der Waals surface area contributed by atoms with Crippen LogP contribution in [0.3, 0.4) is 0 Å². The third kappa shape index (κ3) is 2.46. The summed E-state index contributed by atoms with van der Waals surface area (Å²) in [6.45, 7) is 0. The van der Waals surface area contributed by atoms with E-state index in [0.717, 1.165) is 0 Å². The fraction of sp³-hybridized carbons (Fsp3) is 0.0667. The Labute approximate surface area is 114 Å². The van der Waals surface area contributed by atoms with E-state index in [2.05, 4.69) is 9.98 Å². The first-order valence-corrected chi connectivity index (χ1v) is 5.76. The smallest absolute Gasteiger partial charge is 0.240 e. The number of rotatable bonds is 4. The van der Waals surface area contributed by atoms with Gasteiger partial charge in [0.05, 0.1) is 5.69 Å². The Morgan fingerprint density at radius 3 is 2.20 bits per heavy atom. The maximum Gasteiger partial charge on any atom is 0.240 e. The monoisotopic (exact) mass is 266 g/mol. The number of isocyanates is 2. The first-order chi connectivity index (χ1) is 9.72. The normalized spacial score (nSPS) is 12.7. The van der Waals surface area contributed by atoms with Crippen LogP contribution in [0.2, 0.25) is 0 Å². The molecule has 20 heavy (non-hydrogen) atoms. The predicted octanol–water partition coefficient (Wildman–Crippen LogP) is 2.18. The number of para-hydroxylation sites is 1. The molecule has 2 rings (SSSR count). The van der Waals surface area contributed by atoms with Crippen LogP contribution in [-0.2, 0) is 15.3 Å². The standard InChI is InChI=1S/C15H10N2O3/c18-10-16-14-9-5-4-8-13(14)15(20,17-11-19)12-6-2-1-3-7-12/h1-9,20H. The summed E-state index contributed by atoms with van der Waals surface area (Å²) in [7, 11) is 0. The molecular weight excluding hydrogens is 256 g/mol. The van der Waals surface area contributed by atoms with Gasteiger partial charge in [-0.05, 0) is 6.07 Å². The molecule has 1 atom stereocenters. The zero-order valence-electron chi connectivity index (χ0n) is 10.4. The van der Waals surface area contributed by atoms with Crippen molar-refractivity contribution in [1.82, 2.24) is 0 Å². The topological polar surface area (TPSA) is 79.1 Å². The van der Waals surface area contributed by atoms with Crippen molar-refractivity contribution in [2.45, 2.75) is 5.72 Å². The number of hydrogen-bond acceptors (Lipinski definition) is 5. The molecule has 0 saturated carbocycles. The van der Waals surface area contributed by atoms with Gasteiger partial charge >= 0.3 is 0 Å². The van der Waals surface area contributed by atoms with E-state index >= 15 is 0 Å². The summed E-state index contributed by atoms with van der Waals surface area (Å²) in [4.78, 5) is 28.2. The van der Waals surface area contributed by atoms with E-state index in [1.54, 1.807) is 42.5 Å². The largest absolute Gasteiger partial charge is 0.361 e. The molecule has 0 aliphatic rings. The molecule has 0 fully saturated rings. The number of carbonyl (C=O) groups excluding carboxylic acids is 2. The molecule has 98 valence electrons. The predicted molar refractivity (Wildman–Crippen MR) is 71.8 cm³/mol. The molecule has 0 aliphatic carbocycles. The molecule has 0 aromatic heterocycles. The fourth-order valence-corrected chi connectivity index (χ4v) is 1.93. The molecule has 0 saturated heterocycles. The van der Waals surface area contributed by atoms with Gasteiger partial charge in [-0.15, -0.1) is 0 Å². The number of aliphatic imine (C=N–C) groups is 2. The number of nitrogens with zero attached hydrogens (tertiary/aromatic N) is 2. The summed E-state index contributed by atoms with van der Waals surface area (Å²) < 4.78 is 0. The number of hydrogen-bond donors (Lipinski definition) is 1. The van der Waals surface area contributed by atoms with Crippen LogP contribution < -0.4 is 0 Å². The van der Waals surface area contributed by atoms with Gasteiger partial charge in [-0.3, -0.25) is 0 Å². The maximum atomic E-state index is 10.7.